The summed E-state index contributed by atoms with van der Waals surface area (Å²) in [5.74, 6) is 2.04. The molecule has 0 atom stereocenters. The van der Waals surface area contributed by atoms with E-state index in [1.165, 1.54) is 0 Å². The summed E-state index contributed by atoms with van der Waals surface area (Å²) >= 11 is 0. The Bertz CT molecular complexity index is 982. The number of carbonyl (C=O) groups excluding carboxylic acids is 1. The summed E-state index contributed by atoms with van der Waals surface area (Å²) in [6.45, 7) is 7.60. The van der Waals surface area contributed by atoms with E-state index in [9.17, 15) is 13.2 Å². The Hall–Kier alpha value is -2.18. The number of hydrogen-bond acceptors (Lipinski definition) is 9. The molecule has 12 heteroatoms. The van der Waals surface area contributed by atoms with Crippen molar-refractivity contribution in [3.63, 3.8) is 0 Å². The molecule has 4 heterocycles. The Kier molecular flexibility index (Phi) is 7.04. The van der Waals surface area contributed by atoms with Crippen LogP contribution in [0.4, 0.5) is 10.6 Å². The predicted molar refractivity (Wildman–Crippen MR) is 130 cm³/mol. The lowest BCUT2D eigenvalue weighted by molar-refractivity contribution is 0.0454. The number of ether oxygens (including phenoxy) is 2. The highest BCUT2D eigenvalue weighted by Gasteiger charge is 2.43. The SMILES string of the molecule is CC1(OC(=O)N2CCC(COc3cnc(N4CCN(S(=O)(=O)CC5CNC5)CC4)cn3)CC2)CC1. The molecule has 3 aliphatic heterocycles. The first-order chi connectivity index (χ1) is 16.8. The van der Waals surface area contributed by atoms with E-state index in [4.69, 9.17) is 9.47 Å². The molecule has 1 aromatic heterocycles. The van der Waals surface area contributed by atoms with Crippen molar-refractivity contribution in [2.45, 2.75) is 38.2 Å². The number of carbonyl (C=O) groups is 1. The van der Waals surface area contributed by atoms with Gasteiger partial charge in [-0.05, 0) is 44.4 Å². The van der Waals surface area contributed by atoms with Crippen LogP contribution in [0.3, 0.4) is 0 Å². The zero-order valence-electron chi connectivity index (χ0n) is 20.4. The van der Waals surface area contributed by atoms with Gasteiger partial charge in [0.25, 0.3) is 0 Å². The molecule has 1 aromatic rings. The number of anilines is 1. The number of rotatable bonds is 8. The monoisotopic (exact) mass is 508 g/mol. The van der Waals surface area contributed by atoms with Gasteiger partial charge in [-0.25, -0.2) is 23.2 Å². The van der Waals surface area contributed by atoms with Crippen molar-refractivity contribution >= 4 is 21.9 Å². The van der Waals surface area contributed by atoms with Gasteiger partial charge in [0.15, 0.2) is 0 Å². The number of nitrogens with one attached hydrogen (secondary N) is 1. The predicted octanol–water partition coefficient (Wildman–Crippen LogP) is 0.928. The second-order valence-electron chi connectivity index (χ2n) is 10.5. The molecule has 1 saturated carbocycles. The maximum atomic E-state index is 12.6. The van der Waals surface area contributed by atoms with E-state index in [1.807, 2.05) is 6.92 Å². The normalized spacial score (nSPS) is 23.6. The van der Waals surface area contributed by atoms with Crippen molar-refractivity contribution in [2.75, 3.05) is 69.6 Å². The van der Waals surface area contributed by atoms with E-state index in [0.717, 1.165) is 44.6 Å². The number of piperazine rings is 1. The van der Waals surface area contributed by atoms with Gasteiger partial charge in [0.1, 0.15) is 11.4 Å². The molecule has 35 heavy (non-hydrogen) atoms. The molecule has 0 bridgehead atoms. The summed E-state index contributed by atoms with van der Waals surface area (Å²) in [7, 11) is -3.21. The lowest BCUT2D eigenvalue weighted by atomic mass is 9.98. The molecule has 4 aliphatic rings. The quantitative estimate of drug-likeness (QED) is 0.547. The minimum absolute atomic E-state index is 0.195. The Morgan fingerprint density at radius 3 is 2.34 bits per heavy atom. The number of likely N-dealkylation sites (tertiary alicyclic amines) is 1. The van der Waals surface area contributed by atoms with Crippen molar-refractivity contribution in [2.24, 2.45) is 11.8 Å². The lowest BCUT2D eigenvalue weighted by Crippen LogP contribution is -2.53. The maximum absolute atomic E-state index is 12.6. The van der Waals surface area contributed by atoms with E-state index in [-0.39, 0.29) is 23.4 Å². The van der Waals surface area contributed by atoms with Crippen LogP contribution in [-0.2, 0) is 14.8 Å². The number of nitrogens with zero attached hydrogens (tertiary/aromatic N) is 5. The fourth-order valence-electron chi connectivity index (χ4n) is 4.65. The first-order valence-corrected chi connectivity index (χ1v) is 14.3. The summed E-state index contributed by atoms with van der Waals surface area (Å²) in [4.78, 5) is 25.0. The molecule has 0 spiro atoms. The van der Waals surface area contributed by atoms with Gasteiger partial charge in [-0.3, -0.25) is 0 Å². The Labute approximate surface area is 207 Å². The molecule has 0 unspecified atom stereocenters. The Morgan fingerprint density at radius 1 is 1.06 bits per heavy atom. The number of aromatic nitrogens is 2. The van der Waals surface area contributed by atoms with Gasteiger partial charge in [0.2, 0.25) is 15.9 Å². The molecule has 1 amide bonds. The standard InChI is InChI=1S/C23H36N6O5S/c1-23(4-5-23)34-22(30)28-6-2-18(3-7-28)16-33-21-15-25-20(14-26-21)27-8-10-29(11-9-27)35(31,32)17-19-12-24-13-19/h14-15,18-19,24H,2-13,16-17H2,1H3. The zero-order chi connectivity index (χ0) is 24.5. The van der Waals surface area contributed by atoms with E-state index < -0.39 is 10.0 Å². The van der Waals surface area contributed by atoms with Crippen LogP contribution in [0.15, 0.2) is 12.4 Å². The Morgan fingerprint density at radius 2 is 1.77 bits per heavy atom. The molecule has 194 valence electrons. The molecule has 1 N–H and O–H groups in total. The maximum Gasteiger partial charge on any atom is 0.410 e. The van der Waals surface area contributed by atoms with E-state index in [0.29, 0.717) is 57.7 Å². The number of piperidine rings is 1. The molecule has 11 nitrogen and oxygen atoms in total. The van der Waals surface area contributed by atoms with Crippen LogP contribution in [-0.4, -0.2) is 104 Å². The van der Waals surface area contributed by atoms with Crippen molar-refractivity contribution < 1.29 is 22.7 Å². The smallest absolute Gasteiger partial charge is 0.410 e. The van der Waals surface area contributed by atoms with Gasteiger partial charge < -0.3 is 24.6 Å². The van der Waals surface area contributed by atoms with Crippen LogP contribution in [0.1, 0.15) is 32.6 Å². The van der Waals surface area contributed by atoms with Gasteiger partial charge in [-0.1, -0.05) is 0 Å². The number of hydrogen-bond donors (Lipinski definition) is 1. The largest absolute Gasteiger partial charge is 0.476 e. The fourth-order valence-corrected chi connectivity index (χ4v) is 6.41. The first-order valence-electron chi connectivity index (χ1n) is 12.7. The van der Waals surface area contributed by atoms with Crippen LogP contribution < -0.4 is 15.0 Å². The van der Waals surface area contributed by atoms with Crippen LogP contribution in [0.5, 0.6) is 5.88 Å². The van der Waals surface area contributed by atoms with Crippen molar-refractivity contribution in [3.05, 3.63) is 12.4 Å². The van der Waals surface area contributed by atoms with Crippen molar-refractivity contribution in [3.8, 4) is 5.88 Å². The van der Waals surface area contributed by atoms with Crippen LogP contribution in [0.25, 0.3) is 0 Å². The van der Waals surface area contributed by atoms with Gasteiger partial charge in [-0.15, -0.1) is 0 Å². The Balaban J connectivity index is 1.03. The second kappa shape index (κ2) is 10.1. The highest BCUT2D eigenvalue weighted by Crippen LogP contribution is 2.39. The molecule has 1 aliphatic carbocycles. The fraction of sp³-hybridized carbons (Fsp3) is 0.783. The summed E-state index contributed by atoms with van der Waals surface area (Å²) in [6.07, 6.45) is 6.80. The van der Waals surface area contributed by atoms with Gasteiger partial charge >= 0.3 is 6.09 Å². The van der Waals surface area contributed by atoms with Gasteiger partial charge in [-0.2, -0.15) is 4.31 Å². The van der Waals surface area contributed by atoms with Crippen LogP contribution in [0, 0.1) is 11.8 Å². The topological polar surface area (TPSA) is 117 Å². The second-order valence-corrected chi connectivity index (χ2v) is 12.5. The lowest BCUT2D eigenvalue weighted by Gasteiger charge is -2.36. The molecular weight excluding hydrogens is 472 g/mol. The minimum Gasteiger partial charge on any atom is -0.476 e. The zero-order valence-corrected chi connectivity index (χ0v) is 21.2. The van der Waals surface area contributed by atoms with Crippen LogP contribution in [0.2, 0.25) is 0 Å². The molecular formula is C23H36N6O5S. The highest BCUT2D eigenvalue weighted by atomic mass is 32.2. The average Bonchev–Trinajstić information content (AvgIpc) is 3.57. The average molecular weight is 509 g/mol. The van der Waals surface area contributed by atoms with Crippen molar-refractivity contribution in [1.29, 1.82) is 0 Å². The number of amides is 1. The molecule has 4 fully saturated rings. The summed E-state index contributed by atoms with van der Waals surface area (Å²) in [5.41, 5.74) is -0.236. The van der Waals surface area contributed by atoms with E-state index >= 15 is 0 Å². The third kappa shape index (κ3) is 6.15. The van der Waals surface area contributed by atoms with Crippen molar-refractivity contribution in [1.82, 2.24) is 24.5 Å². The van der Waals surface area contributed by atoms with Gasteiger partial charge in [0, 0.05) is 52.4 Å². The number of sulfonamides is 1. The molecule has 5 rings (SSSR count). The summed E-state index contributed by atoms with van der Waals surface area (Å²) in [5, 5.41) is 3.13. The van der Waals surface area contributed by atoms with Crippen LogP contribution >= 0.6 is 0 Å². The summed E-state index contributed by atoms with van der Waals surface area (Å²) < 4.78 is 38.2. The molecule has 3 saturated heterocycles. The third-order valence-electron chi connectivity index (χ3n) is 7.51. The first kappa shape index (κ1) is 24.5. The summed E-state index contributed by atoms with van der Waals surface area (Å²) in [6, 6.07) is 0. The minimum atomic E-state index is -3.21. The van der Waals surface area contributed by atoms with E-state index in [2.05, 4.69) is 20.2 Å². The molecule has 0 aromatic carbocycles. The van der Waals surface area contributed by atoms with E-state index in [1.54, 1.807) is 21.6 Å². The van der Waals surface area contributed by atoms with Gasteiger partial charge in [0.05, 0.1) is 24.8 Å². The third-order valence-corrected chi connectivity index (χ3v) is 9.55. The molecule has 0 radical (unpaired) electrons. The highest BCUT2D eigenvalue weighted by molar-refractivity contribution is 7.89.